The number of aryl methyl sites for hydroxylation is 1. The zero-order valence-electron chi connectivity index (χ0n) is 14.3. The summed E-state index contributed by atoms with van der Waals surface area (Å²) in [6, 6.07) is 11.0. The van der Waals surface area contributed by atoms with Gasteiger partial charge in [-0.1, -0.05) is 23.7 Å². The molecule has 0 aliphatic heterocycles. The van der Waals surface area contributed by atoms with Gasteiger partial charge in [0, 0.05) is 17.0 Å². The summed E-state index contributed by atoms with van der Waals surface area (Å²) >= 11 is 5.86. The summed E-state index contributed by atoms with van der Waals surface area (Å²) in [5, 5.41) is 3.20. The van der Waals surface area contributed by atoms with Crippen LogP contribution in [-0.2, 0) is 25.1 Å². The van der Waals surface area contributed by atoms with Gasteiger partial charge in [0.15, 0.2) is 16.4 Å². The van der Waals surface area contributed by atoms with Crippen molar-refractivity contribution in [3.63, 3.8) is 0 Å². The van der Waals surface area contributed by atoms with Gasteiger partial charge >= 0.3 is 5.97 Å². The van der Waals surface area contributed by atoms with E-state index in [1.165, 1.54) is 24.3 Å². The van der Waals surface area contributed by atoms with Crippen LogP contribution in [0.3, 0.4) is 0 Å². The average Bonchev–Trinajstić information content (AvgIpc) is 2.54. The Morgan fingerprint density at radius 3 is 2.35 bits per heavy atom. The third kappa shape index (κ3) is 6.16. The Morgan fingerprint density at radius 2 is 1.77 bits per heavy atom. The van der Waals surface area contributed by atoms with Crippen molar-refractivity contribution in [2.45, 2.75) is 12.7 Å². The molecule has 0 aliphatic rings. The summed E-state index contributed by atoms with van der Waals surface area (Å²) < 4.78 is 27.5. The number of anilines is 1. The number of nitrogens with one attached hydrogen (secondary N) is 1. The van der Waals surface area contributed by atoms with Crippen molar-refractivity contribution in [1.82, 2.24) is 0 Å². The largest absolute Gasteiger partial charge is 0.452 e. The van der Waals surface area contributed by atoms with Gasteiger partial charge < -0.3 is 10.1 Å². The van der Waals surface area contributed by atoms with Crippen LogP contribution in [0.2, 0.25) is 5.02 Å². The Kier molecular flexibility index (Phi) is 6.39. The van der Waals surface area contributed by atoms with Gasteiger partial charge in [0.25, 0.3) is 5.91 Å². The Morgan fingerprint density at radius 1 is 1.12 bits per heavy atom. The fourth-order valence-corrected chi connectivity index (χ4v) is 3.23. The van der Waals surface area contributed by atoms with E-state index in [-0.39, 0.29) is 11.3 Å². The minimum absolute atomic E-state index is 0.106. The molecule has 0 unspecified atom stereocenters. The van der Waals surface area contributed by atoms with Crippen LogP contribution >= 0.6 is 11.6 Å². The summed E-state index contributed by atoms with van der Waals surface area (Å²) in [7, 11) is -3.15. The van der Waals surface area contributed by atoms with Crippen molar-refractivity contribution in [2.75, 3.05) is 18.2 Å². The summed E-state index contributed by atoms with van der Waals surface area (Å²) in [6.45, 7) is 1.36. The molecule has 0 spiro atoms. The maximum atomic E-state index is 12.0. The van der Waals surface area contributed by atoms with Crippen LogP contribution in [0.1, 0.15) is 21.5 Å². The molecule has 0 aromatic heterocycles. The van der Waals surface area contributed by atoms with Crippen molar-refractivity contribution in [3.8, 4) is 0 Å². The van der Waals surface area contributed by atoms with Crippen LogP contribution in [0.15, 0.2) is 42.5 Å². The lowest BCUT2D eigenvalue weighted by molar-refractivity contribution is -0.119. The molecule has 0 heterocycles. The molecule has 0 saturated heterocycles. The smallest absolute Gasteiger partial charge is 0.338 e. The molecular weight excluding hydrogens is 378 g/mol. The van der Waals surface area contributed by atoms with Crippen molar-refractivity contribution >= 4 is 39.0 Å². The molecule has 0 radical (unpaired) electrons. The van der Waals surface area contributed by atoms with Gasteiger partial charge in [-0.3, -0.25) is 4.79 Å². The monoisotopic (exact) mass is 395 g/mol. The van der Waals surface area contributed by atoms with Crippen LogP contribution in [0, 0.1) is 6.92 Å². The van der Waals surface area contributed by atoms with Gasteiger partial charge in [-0.2, -0.15) is 0 Å². The van der Waals surface area contributed by atoms with Crippen LogP contribution < -0.4 is 5.32 Å². The number of rotatable bonds is 6. The highest BCUT2D eigenvalue weighted by Gasteiger charge is 2.12. The highest BCUT2D eigenvalue weighted by atomic mass is 35.5. The lowest BCUT2D eigenvalue weighted by Gasteiger charge is -2.09. The topological polar surface area (TPSA) is 89.5 Å². The number of carbonyl (C=O) groups is 2. The number of benzene rings is 2. The van der Waals surface area contributed by atoms with E-state index in [1.54, 1.807) is 25.1 Å². The molecule has 1 N–H and O–H groups in total. The Bertz CT molecular complexity index is 923. The van der Waals surface area contributed by atoms with Gasteiger partial charge in [-0.15, -0.1) is 0 Å². The summed E-state index contributed by atoms with van der Waals surface area (Å²) in [5.74, 6) is -1.25. The molecule has 2 aromatic rings. The molecule has 0 aliphatic carbocycles. The van der Waals surface area contributed by atoms with Crippen molar-refractivity contribution in [2.24, 2.45) is 0 Å². The van der Waals surface area contributed by atoms with Gasteiger partial charge in [-0.05, 0) is 48.4 Å². The molecular formula is C18H18ClNO5S. The third-order valence-electron chi connectivity index (χ3n) is 3.42. The number of amides is 1. The molecule has 26 heavy (non-hydrogen) atoms. The van der Waals surface area contributed by atoms with Gasteiger partial charge in [0.05, 0.1) is 11.3 Å². The molecule has 0 bridgehead atoms. The van der Waals surface area contributed by atoms with E-state index in [9.17, 15) is 18.0 Å². The normalized spacial score (nSPS) is 11.0. The first kappa shape index (κ1) is 19.9. The van der Waals surface area contributed by atoms with E-state index in [2.05, 4.69) is 5.32 Å². The van der Waals surface area contributed by atoms with Crippen LogP contribution in [0.4, 0.5) is 5.69 Å². The molecule has 138 valence electrons. The van der Waals surface area contributed by atoms with Crippen LogP contribution in [0.25, 0.3) is 0 Å². The highest BCUT2D eigenvalue weighted by molar-refractivity contribution is 7.89. The number of esters is 1. The van der Waals surface area contributed by atoms with Crippen molar-refractivity contribution in [1.29, 1.82) is 0 Å². The lowest BCUT2D eigenvalue weighted by Crippen LogP contribution is -2.21. The predicted molar refractivity (Wildman–Crippen MR) is 100 cm³/mol. The molecule has 0 atom stereocenters. The number of carbonyl (C=O) groups excluding carboxylic acids is 2. The number of halogens is 1. The summed E-state index contributed by atoms with van der Waals surface area (Å²) in [4.78, 5) is 23.9. The Hall–Kier alpha value is -2.38. The minimum Gasteiger partial charge on any atom is -0.452 e. The van der Waals surface area contributed by atoms with E-state index >= 15 is 0 Å². The SMILES string of the molecule is Cc1cc(Cl)ccc1NC(=O)COC(=O)c1ccc(CS(C)(=O)=O)cc1. The van der Waals surface area contributed by atoms with E-state index in [4.69, 9.17) is 16.3 Å². The molecule has 2 aromatic carbocycles. The Balaban J connectivity index is 1.90. The first-order valence-electron chi connectivity index (χ1n) is 7.64. The average molecular weight is 396 g/mol. The molecule has 2 rings (SSSR count). The van der Waals surface area contributed by atoms with Crippen LogP contribution in [-0.4, -0.2) is 33.2 Å². The number of sulfone groups is 1. The zero-order chi connectivity index (χ0) is 19.3. The fraction of sp³-hybridized carbons (Fsp3) is 0.222. The maximum absolute atomic E-state index is 12.0. The summed E-state index contributed by atoms with van der Waals surface area (Å²) in [5.41, 5.74) is 2.18. The van der Waals surface area contributed by atoms with Gasteiger partial charge in [0.1, 0.15) is 0 Å². The Labute approximate surface area is 157 Å². The molecule has 8 heteroatoms. The molecule has 1 amide bonds. The van der Waals surface area contributed by atoms with E-state index in [0.29, 0.717) is 16.3 Å². The molecule has 0 saturated carbocycles. The second kappa shape index (κ2) is 8.33. The second-order valence-electron chi connectivity index (χ2n) is 5.85. The maximum Gasteiger partial charge on any atom is 0.338 e. The molecule has 6 nitrogen and oxygen atoms in total. The second-order valence-corrected chi connectivity index (χ2v) is 8.43. The lowest BCUT2D eigenvalue weighted by atomic mass is 10.1. The zero-order valence-corrected chi connectivity index (χ0v) is 15.9. The van der Waals surface area contributed by atoms with Crippen molar-refractivity contribution in [3.05, 3.63) is 64.2 Å². The number of ether oxygens (including phenoxy) is 1. The highest BCUT2D eigenvalue weighted by Crippen LogP contribution is 2.19. The quantitative estimate of drug-likeness (QED) is 0.759. The first-order valence-corrected chi connectivity index (χ1v) is 10.1. The van der Waals surface area contributed by atoms with Gasteiger partial charge in [0.2, 0.25) is 0 Å². The first-order chi connectivity index (χ1) is 12.1. The van der Waals surface area contributed by atoms with E-state index in [0.717, 1.165) is 11.8 Å². The third-order valence-corrected chi connectivity index (χ3v) is 4.51. The number of hydrogen-bond acceptors (Lipinski definition) is 5. The minimum atomic E-state index is -3.15. The molecule has 0 fully saturated rings. The van der Waals surface area contributed by atoms with E-state index < -0.39 is 28.3 Å². The standard InChI is InChI=1S/C18H18ClNO5S/c1-12-9-15(19)7-8-16(12)20-17(21)10-25-18(22)14-5-3-13(4-6-14)11-26(2,23)24/h3-9H,10-11H2,1-2H3,(H,20,21). The van der Waals surface area contributed by atoms with Crippen molar-refractivity contribution < 1.29 is 22.7 Å². The summed E-state index contributed by atoms with van der Waals surface area (Å²) in [6.07, 6.45) is 1.14. The van der Waals surface area contributed by atoms with Gasteiger partial charge in [-0.25, -0.2) is 13.2 Å². The number of hydrogen-bond donors (Lipinski definition) is 1. The van der Waals surface area contributed by atoms with E-state index in [1.807, 2.05) is 0 Å². The predicted octanol–water partition coefficient (Wildman–Crippen LogP) is 2.99. The van der Waals surface area contributed by atoms with Crippen LogP contribution in [0.5, 0.6) is 0 Å². The fourth-order valence-electron chi connectivity index (χ4n) is 2.21.